The van der Waals surface area contributed by atoms with Crippen LogP contribution in [0.4, 0.5) is 5.82 Å². The third-order valence-electron chi connectivity index (χ3n) is 6.17. The summed E-state index contributed by atoms with van der Waals surface area (Å²) in [4.78, 5) is 7.31. The highest BCUT2D eigenvalue weighted by Gasteiger charge is 2.21. The molecule has 5 rings (SSSR count). The van der Waals surface area contributed by atoms with Gasteiger partial charge < -0.3 is 14.4 Å². The van der Waals surface area contributed by atoms with E-state index in [4.69, 9.17) is 19.6 Å². The molecule has 0 saturated carbocycles. The van der Waals surface area contributed by atoms with E-state index < -0.39 is 0 Å². The van der Waals surface area contributed by atoms with Gasteiger partial charge in [-0.25, -0.2) is 4.98 Å². The van der Waals surface area contributed by atoms with Crippen molar-refractivity contribution < 1.29 is 9.47 Å². The number of benzene rings is 1. The molecule has 6 heteroatoms. The van der Waals surface area contributed by atoms with E-state index in [0.29, 0.717) is 13.2 Å². The fourth-order valence-corrected chi connectivity index (χ4v) is 4.37. The normalized spacial score (nSPS) is 17.1. The summed E-state index contributed by atoms with van der Waals surface area (Å²) >= 11 is 0. The number of rotatable bonds is 7. The second-order valence-corrected chi connectivity index (χ2v) is 8.70. The third-order valence-corrected chi connectivity index (χ3v) is 6.17. The van der Waals surface area contributed by atoms with Crippen molar-refractivity contribution in [2.75, 3.05) is 31.2 Å². The zero-order valence-electron chi connectivity index (χ0n) is 20.9. The van der Waals surface area contributed by atoms with Crippen molar-refractivity contribution in [2.45, 2.75) is 26.7 Å². The van der Waals surface area contributed by atoms with Gasteiger partial charge in [0.25, 0.3) is 0 Å². The number of morpholine rings is 1. The molecule has 4 heterocycles. The van der Waals surface area contributed by atoms with Gasteiger partial charge in [-0.1, -0.05) is 67.6 Å². The minimum atomic E-state index is 0.693. The molecule has 1 aromatic carbocycles. The van der Waals surface area contributed by atoms with Crippen LogP contribution < -0.4 is 4.90 Å². The first kappa shape index (κ1) is 23.8. The number of aromatic nitrogens is 3. The van der Waals surface area contributed by atoms with Gasteiger partial charge in [-0.05, 0) is 31.9 Å². The van der Waals surface area contributed by atoms with Crippen molar-refractivity contribution in [3.05, 3.63) is 102 Å². The summed E-state index contributed by atoms with van der Waals surface area (Å²) < 4.78 is 13.9. The van der Waals surface area contributed by atoms with E-state index in [9.17, 15) is 0 Å². The van der Waals surface area contributed by atoms with Crippen molar-refractivity contribution in [1.29, 1.82) is 0 Å². The highest BCUT2D eigenvalue weighted by molar-refractivity contribution is 5.77. The molecule has 36 heavy (non-hydrogen) atoms. The number of anilines is 1. The monoisotopic (exact) mass is 480 g/mol. The molecule has 184 valence electrons. The van der Waals surface area contributed by atoms with Crippen LogP contribution in [0, 0.1) is 0 Å². The van der Waals surface area contributed by atoms with E-state index in [2.05, 4.69) is 72.5 Å². The van der Waals surface area contributed by atoms with E-state index in [1.165, 1.54) is 0 Å². The van der Waals surface area contributed by atoms with E-state index in [-0.39, 0.29) is 0 Å². The Labute approximate surface area is 212 Å². The number of allylic oxidation sites excluding steroid dienone is 8. The Morgan fingerprint density at radius 2 is 1.86 bits per heavy atom. The minimum Gasteiger partial charge on any atom is -0.455 e. The summed E-state index contributed by atoms with van der Waals surface area (Å²) in [7, 11) is 0. The van der Waals surface area contributed by atoms with Crippen LogP contribution in [-0.4, -0.2) is 40.9 Å². The Hall–Kier alpha value is -3.90. The Bertz CT molecular complexity index is 1360. The smallest absolute Gasteiger partial charge is 0.158 e. The molecule has 2 aliphatic rings. The van der Waals surface area contributed by atoms with Crippen LogP contribution in [-0.2, 0) is 9.47 Å². The van der Waals surface area contributed by atoms with Gasteiger partial charge in [-0.15, -0.1) is 0 Å². The summed E-state index contributed by atoms with van der Waals surface area (Å²) in [6, 6.07) is 14.3. The summed E-state index contributed by atoms with van der Waals surface area (Å²) in [5, 5.41) is 4.98. The SMILES string of the molecule is C\C=C/C(=C\C=C\CC)c1cc2nc(C3=CCC=C(c4ccccc4)O3)cc(N3CCOCC3)n2n1. The molecule has 0 radical (unpaired) electrons. The van der Waals surface area contributed by atoms with Crippen molar-refractivity contribution in [2.24, 2.45) is 0 Å². The first-order valence-corrected chi connectivity index (χ1v) is 12.6. The largest absolute Gasteiger partial charge is 0.455 e. The van der Waals surface area contributed by atoms with Crippen LogP contribution >= 0.6 is 0 Å². The second-order valence-electron chi connectivity index (χ2n) is 8.70. The molecule has 1 fully saturated rings. The van der Waals surface area contributed by atoms with Crippen LogP contribution in [0.2, 0.25) is 0 Å². The maximum Gasteiger partial charge on any atom is 0.158 e. The van der Waals surface area contributed by atoms with Gasteiger partial charge in [0.05, 0.1) is 18.9 Å². The van der Waals surface area contributed by atoms with E-state index in [1.807, 2.05) is 35.7 Å². The zero-order valence-corrected chi connectivity index (χ0v) is 20.9. The summed E-state index contributed by atoms with van der Waals surface area (Å²) in [6.45, 7) is 7.15. The topological polar surface area (TPSA) is 51.9 Å². The van der Waals surface area contributed by atoms with E-state index in [0.717, 1.165) is 71.4 Å². The van der Waals surface area contributed by atoms with Crippen LogP contribution in [0.3, 0.4) is 0 Å². The lowest BCUT2D eigenvalue weighted by molar-refractivity contribution is 0.122. The van der Waals surface area contributed by atoms with Crippen LogP contribution in [0.5, 0.6) is 0 Å². The maximum atomic E-state index is 6.36. The lowest BCUT2D eigenvalue weighted by Gasteiger charge is -2.29. The average molecular weight is 481 g/mol. The van der Waals surface area contributed by atoms with Gasteiger partial charge in [0.1, 0.15) is 23.0 Å². The lowest BCUT2D eigenvalue weighted by atomic mass is 10.1. The summed E-state index contributed by atoms with van der Waals surface area (Å²) in [5.74, 6) is 2.62. The van der Waals surface area contributed by atoms with Crippen molar-refractivity contribution in [3.63, 3.8) is 0 Å². The van der Waals surface area contributed by atoms with Gasteiger partial charge in [0.2, 0.25) is 0 Å². The maximum absolute atomic E-state index is 6.36. The molecule has 0 atom stereocenters. The molecule has 0 amide bonds. The Kier molecular flexibility index (Phi) is 7.43. The number of fused-ring (bicyclic) bond motifs is 1. The standard InChI is InChI=1S/C30H32N4O2/c1-3-5-7-12-23(11-4-2)25-21-29-31-26(22-30(34(29)32-25)33-17-19-35-20-18-33)28-16-10-15-27(36-28)24-13-8-6-9-14-24/h4-9,11-16,21-22H,3,10,17-20H2,1-2H3/b7-5+,11-4-,23-12+. The van der Waals surface area contributed by atoms with E-state index in [1.54, 1.807) is 0 Å². The van der Waals surface area contributed by atoms with Gasteiger partial charge in [-0.2, -0.15) is 9.61 Å². The fraction of sp³-hybridized carbons (Fsp3) is 0.267. The van der Waals surface area contributed by atoms with Crippen LogP contribution in [0.15, 0.2) is 85.0 Å². The highest BCUT2D eigenvalue weighted by atomic mass is 16.5. The van der Waals surface area contributed by atoms with E-state index >= 15 is 0 Å². The predicted molar refractivity (Wildman–Crippen MR) is 146 cm³/mol. The molecule has 0 aliphatic carbocycles. The predicted octanol–water partition coefficient (Wildman–Crippen LogP) is 6.29. The summed E-state index contributed by atoms with van der Waals surface area (Å²) in [6.07, 6.45) is 16.4. The van der Waals surface area contributed by atoms with Gasteiger partial charge >= 0.3 is 0 Å². The molecule has 1 saturated heterocycles. The molecule has 0 N–H and O–H groups in total. The van der Waals surface area contributed by atoms with Crippen LogP contribution in [0.25, 0.3) is 22.7 Å². The Morgan fingerprint density at radius 3 is 2.64 bits per heavy atom. The Morgan fingerprint density at radius 1 is 1.06 bits per heavy atom. The highest BCUT2D eigenvalue weighted by Crippen LogP contribution is 2.32. The van der Waals surface area contributed by atoms with Crippen molar-refractivity contribution >= 4 is 28.6 Å². The fourth-order valence-electron chi connectivity index (χ4n) is 4.37. The third kappa shape index (κ3) is 5.19. The molecule has 0 unspecified atom stereocenters. The van der Waals surface area contributed by atoms with Crippen molar-refractivity contribution in [1.82, 2.24) is 14.6 Å². The number of ether oxygens (including phenoxy) is 2. The quantitative estimate of drug-likeness (QED) is 0.372. The number of nitrogens with zero attached hydrogens (tertiary/aromatic N) is 4. The minimum absolute atomic E-state index is 0.693. The second kappa shape index (κ2) is 11.2. The first-order chi connectivity index (χ1) is 17.8. The molecular weight excluding hydrogens is 448 g/mol. The summed E-state index contributed by atoms with van der Waals surface area (Å²) in [5.41, 5.74) is 4.59. The molecule has 2 aromatic heterocycles. The lowest BCUT2D eigenvalue weighted by Crippen LogP contribution is -2.37. The number of hydrogen-bond acceptors (Lipinski definition) is 5. The first-order valence-electron chi connectivity index (χ1n) is 12.6. The van der Waals surface area contributed by atoms with Gasteiger partial charge in [0.15, 0.2) is 5.65 Å². The van der Waals surface area contributed by atoms with Gasteiger partial charge in [-0.3, -0.25) is 0 Å². The Balaban J connectivity index is 1.56. The zero-order chi connectivity index (χ0) is 24.7. The van der Waals surface area contributed by atoms with Gasteiger partial charge in [0, 0.05) is 36.4 Å². The molecule has 0 spiro atoms. The van der Waals surface area contributed by atoms with Crippen molar-refractivity contribution in [3.8, 4) is 0 Å². The molecule has 6 nitrogen and oxygen atoms in total. The molecular formula is C30H32N4O2. The average Bonchev–Trinajstić information content (AvgIpc) is 3.37. The van der Waals surface area contributed by atoms with Crippen LogP contribution in [0.1, 0.15) is 43.6 Å². The number of hydrogen-bond donors (Lipinski definition) is 0. The molecule has 0 bridgehead atoms. The molecule has 2 aliphatic heterocycles. The molecule has 3 aromatic rings.